The normalized spacial score (nSPS) is 52.0. The Balaban J connectivity index is 1.70. The number of aliphatic hydroxyl groups is 10. The number of hydrogen-bond acceptors (Lipinski definition) is 16. The fourth-order valence-corrected chi connectivity index (χ4v) is 3.93. The van der Waals surface area contributed by atoms with Gasteiger partial charge in [-0.15, -0.1) is 0 Å². The van der Waals surface area contributed by atoms with Gasteiger partial charge in [0.05, 0.1) is 13.2 Å². The van der Waals surface area contributed by atoms with Crippen molar-refractivity contribution >= 4 is 6.29 Å². The van der Waals surface area contributed by atoms with Gasteiger partial charge in [-0.3, -0.25) is 0 Å². The average Bonchev–Trinajstić information content (AvgIpc) is 3.08. The summed E-state index contributed by atoms with van der Waals surface area (Å²) in [6.07, 6.45) is -22.3. The Morgan fingerprint density at radius 3 is 1.91 bits per heavy atom. The van der Waals surface area contributed by atoms with Gasteiger partial charge in [0.25, 0.3) is 0 Å². The van der Waals surface area contributed by atoms with Crippen molar-refractivity contribution in [2.75, 3.05) is 19.8 Å². The van der Waals surface area contributed by atoms with E-state index in [0.717, 1.165) is 0 Å². The first-order chi connectivity index (χ1) is 16.0. The molecule has 34 heavy (non-hydrogen) atoms. The topological polar surface area (TPSA) is 266 Å². The van der Waals surface area contributed by atoms with Crippen molar-refractivity contribution in [1.82, 2.24) is 0 Å². The van der Waals surface area contributed by atoms with Crippen LogP contribution in [0, 0.1) is 0 Å². The number of hydrogen-bond donors (Lipinski definition) is 10. The lowest BCUT2D eigenvalue weighted by Crippen LogP contribution is -2.63. The molecule has 14 atom stereocenters. The summed E-state index contributed by atoms with van der Waals surface area (Å²) in [5.41, 5.74) is 0. The van der Waals surface area contributed by atoms with Crippen molar-refractivity contribution in [1.29, 1.82) is 0 Å². The van der Waals surface area contributed by atoms with Crippen LogP contribution in [0.5, 0.6) is 0 Å². The van der Waals surface area contributed by atoms with Crippen LogP contribution in [0.2, 0.25) is 0 Å². The molecular formula is C18H30O16. The highest BCUT2D eigenvalue weighted by Crippen LogP contribution is 2.36. The van der Waals surface area contributed by atoms with E-state index in [2.05, 4.69) is 0 Å². The molecule has 0 radical (unpaired) electrons. The molecule has 16 nitrogen and oxygen atoms in total. The van der Waals surface area contributed by atoms with Crippen molar-refractivity contribution in [3.05, 3.63) is 0 Å². The lowest BCUT2D eigenvalue weighted by molar-refractivity contribution is -0.387. The maximum atomic E-state index is 11.0. The van der Waals surface area contributed by atoms with E-state index in [4.69, 9.17) is 23.7 Å². The zero-order valence-electron chi connectivity index (χ0n) is 17.6. The molecule has 0 saturated carbocycles. The molecular weight excluding hydrogens is 472 g/mol. The lowest BCUT2D eigenvalue weighted by Gasteiger charge is -2.44. The third kappa shape index (κ3) is 4.99. The summed E-state index contributed by atoms with van der Waals surface area (Å²) >= 11 is 0. The predicted octanol–water partition coefficient (Wildman–Crippen LogP) is -7.36. The van der Waals surface area contributed by atoms with Crippen molar-refractivity contribution < 1.29 is 79.5 Å². The Kier molecular flexibility index (Phi) is 8.94. The van der Waals surface area contributed by atoms with Crippen molar-refractivity contribution in [3.63, 3.8) is 0 Å². The van der Waals surface area contributed by atoms with Gasteiger partial charge in [0, 0.05) is 0 Å². The number of rotatable bonds is 8. The highest BCUT2D eigenvalue weighted by molar-refractivity contribution is 5.57. The average molecular weight is 502 g/mol. The van der Waals surface area contributed by atoms with Gasteiger partial charge < -0.3 is 79.5 Å². The van der Waals surface area contributed by atoms with Crippen LogP contribution in [0.15, 0.2) is 0 Å². The molecule has 3 saturated heterocycles. The first kappa shape index (κ1) is 27.7. The van der Waals surface area contributed by atoms with E-state index in [-0.39, 0.29) is 6.29 Å². The van der Waals surface area contributed by atoms with Crippen LogP contribution in [-0.2, 0) is 28.5 Å². The minimum Gasteiger partial charge on any atom is -0.394 e. The van der Waals surface area contributed by atoms with Crippen molar-refractivity contribution in [3.8, 4) is 0 Å². The first-order valence-corrected chi connectivity index (χ1v) is 10.4. The second-order valence-corrected chi connectivity index (χ2v) is 8.29. The molecule has 3 fully saturated rings. The summed E-state index contributed by atoms with van der Waals surface area (Å²) in [6, 6.07) is 0. The first-order valence-electron chi connectivity index (χ1n) is 10.4. The van der Waals surface area contributed by atoms with Crippen LogP contribution in [-0.4, -0.2) is 163 Å². The maximum Gasteiger partial charge on any atom is 0.224 e. The molecule has 198 valence electrons. The van der Waals surface area contributed by atoms with Crippen molar-refractivity contribution in [2.24, 2.45) is 0 Å². The number of carbonyl (C=O) groups is 1. The van der Waals surface area contributed by atoms with Gasteiger partial charge >= 0.3 is 0 Å². The number of aldehydes is 1. The molecule has 0 bridgehead atoms. The zero-order chi connectivity index (χ0) is 25.4. The highest BCUT2D eigenvalue weighted by Gasteiger charge is 2.58. The quantitative estimate of drug-likeness (QED) is 0.138. The van der Waals surface area contributed by atoms with Gasteiger partial charge in [-0.1, -0.05) is 0 Å². The summed E-state index contributed by atoms with van der Waals surface area (Å²) in [7, 11) is 0. The maximum absolute atomic E-state index is 11.0. The smallest absolute Gasteiger partial charge is 0.224 e. The molecule has 0 spiro atoms. The van der Waals surface area contributed by atoms with E-state index < -0.39 is 105 Å². The SMILES string of the molecule is O=C[C@H]1O[C@H](OC[C@H]2O[C@H](O[C@]3(CO)O[C@H](CO)[C@@H](O)[C@@H]3O)[C@H](O)[C@@H](O)[C@H]2O)[C@H](O)[C@@H](O)[C@H]1O. The third-order valence-electron chi connectivity index (χ3n) is 6.06. The van der Waals surface area contributed by atoms with Crippen LogP contribution in [0.3, 0.4) is 0 Å². The predicted molar refractivity (Wildman–Crippen MR) is 100 cm³/mol. The fraction of sp³-hybridized carbons (Fsp3) is 0.944. The standard InChI is InChI=1S/C18H30O16/c19-1-5-8(22)11(25)13(27)16(31-5)30-3-7-9(23)12(26)14(28)17(32-7)34-18(4-21)15(29)10(24)6(2-20)33-18/h1,5-17,20-29H,2-4H2/t5-,6-,7-,8+,9+,10-,11+,12+,13-,14-,15+,16+,17-,18+/m1/s1. The van der Waals surface area contributed by atoms with Gasteiger partial charge in [0.15, 0.2) is 18.9 Å². The Morgan fingerprint density at radius 1 is 0.735 bits per heavy atom. The molecule has 0 aliphatic carbocycles. The third-order valence-corrected chi connectivity index (χ3v) is 6.06. The van der Waals surface area contributed by atoms with E-state index in [0.29, 0.717) is 0 Å². The second kappa shape index (κ2) is 11.0. The molecule has 10 N–H and O–H groups in total. The molecule has 0 aromatic carbocycles. The molecule has 3 aliphatic heterocycles. The molecule has 3 aliphatic rings. The zero-order valence-corrected chi connectivity index (χ0v) is 17.6. The van der Waals surface area contributed by atoms with Gasteiger partial charge in [-0.05, 0) is 0 Å². The summed E-state index contributed by atoms with van der Waals surface area (Å²) < 4.78 is 26.2. The van der Waals surface area contributed by atoms with Gasteiger partial charge in [-0.2, -0.15) is 0 Å². The molecule has 0 unspecified atom stereocenters. The molecule has 0 amide bonds. The summed E-state index contributed by atoms with van der Waals surface area (Å²) in [6.45, 7) is -2.48. The van der Waals surface area contributed by atoms with Crippen molar-refractivity contribution in [2.45, 2.75) is 85.5 Å². The number of aliphatic hydroxyl groups excluding tert-OH is 10. The Bertz CT molecular complexity index is 682. The molecule has 3 heterocycles. The van der Waals surface area contributed by atoms with E-state index in [9.17, 15) is 55.9 Å². The Hall–Kier alpha value is -0.930. The summed E-state index contributed by atoms with van der Waals surface area (Å²) in [5, 5.41) is 99.4. The Labute approximate surface area is 192 Å². The minimum absolute atomic E-state index is 0.182. The van der Waals surface area contributed by atoms with Crippen LogP contribution < -0.4 is 0 Å². The lowest BCUT2D eigenvalue weighted by atomic mass is 9.98. The van der Waals surface area contributed by atoms with Crippen LogP contribution >= 0.6 is 0 Å². The largest absolute Gasteiger partial charge is 0.394 e. The number of ether oxygens (including phenoxy) is 5. The number of carbonyl (C=O) groups excluding carboxylic acids is 1. The van der Waals surface area contributed by atoms with Gasteiger partial charge in [-0.25, -0.2) is 0 Å². The monoisotopic (exact) mass is 502 g/mol. The van der Waals surface area contributed by atoms with Crippen LogP contribution in [0.4, 0.5) is 0 Å². The van der Waals surface area contributed by atoms with E-state index >= 15 is 0 Å². The summed E-state index contributed by atoms with van der Waals surface area (Å²) in [5.74, 6) is -2.37. The summed E-state index contributed by atoms with van der Waals surface area (Å²) in [4.78, 5) is 11.0. The Morgan fingerprint density at radius 2 is 1.35 bits per heavy atom. The molecule has 0 aromatic rings. The highest BCUT2D eigenvalue weighted by atomic mass is 16.8. The van der Waals surface area contributed by atoms with Gasteiger partial charge in [0.2, 0.25) is 5.79 Å². The van der Waals surface area contributed by atoms with E-state index in [1.165, 1.54) is 0 Å². The molecule has 0 aromatic heterocycles. The minimum atomic E-state index is -2.37. The van der Waals surface area contributed by atoms with Gasteiger partial charge in [0.1, 0.15) is 73.8 Å². The van der Waals surface area contributed by atoms with E-state index in [1.807, 2.05) is 0 Å². The van der Waals surface area contributed by atoms with Crippen LogP contribution in [0.25, 0.3) is 0 Å². The molecule has 3 rings (SSSR count). The van der Waals surface area contributed by atoms with E-state index in [1.54, 1.807) is 0 Å². The molecule has 16 heteroatoms. The second-order valence-electron chi connectivity index (χ2n) is 8.29. The fourth-order valence-electron chi connectivity index (χ4n) is 3.93. The van der Waals surface area contributed by atoms with Crippen LogP contribution in [0.1, 0.15) is 0 Å².